The molecule has 0 radical (unpaired) electrons. The van der Waals surface area contributed by atoms with Gasteiger partial charge in [0.15, 0.2) is 0 Å². The van der Waals surface area contributed by atoms with Crippen molar-refractivity contribution in [3.05, 3.63) is 23.8 Å². The van der Waals surface area contributed by atoms with Crippen LogP contribution in [0.15, 0.2) is 18.2 Å². The number of rotatable bonds is 3. The van der Waals surface area contributed by atoms with E-state index in [1.807, 2.05) is 0 Å². The second kappa shape index (κ2) is 6.07. The number of aryl methyl sites for hydroxylation is 1. The lowest BCUT2D eigenvalue weighted by molar-refractivity contribution is 0.313. The van der Waals surface area contributed by atoms with Crippen LogP contribution in [0.4, 0.5) is 11.4 Å². The molecule has 2 aliphatic rings. The van der Waals surface area contributed by atoms with E-state index in [0.29, 0.717) is 0 Å². The lowest BCUT2D eigenvalue weighted by Gasteiger charge is -2.36. The van der Waals surface area contributed by atoms with E-state index in [0.717, 1.165) is 18.5 Å². The molecular formula is C18H28N2. The van der Waals surface area contributed by atoms with Gasteiger partial charge >= 0.3 is 0 Å². The first-order chi connectivity index (χ1) is 9.78. The fraction of sp³-hybridized carbons (Fsp3) is 0.667. The van der Waals surface area contributed by atoms with Gasteiger partial charge in [-0.1, -0.05) is 19.4 Å². The summed E-state index contributed by atoms with van der Waals surface area (Å²) in [5.74, 6) is 0.977. The van der Waals surface area contributed by atoms with E-state index in [2.05, 4.69) is 42.4 Å². The minimum atomic E-state index is 0.736. The molecule has 1 aromatic carbocycles. The average Bonchev–Trinajstić information content (AvgIpc) is 2.54. The van der Waals surface area contributed by atoms with Gasteiger partial charge in [-0.2, -0.15) is 0 Å². The van der Waals surface area contributed by atoms with Crippen LogP contribution < -0.4 is 10.2 Å². The molecule has 1 fully saturated rings. The van der Waals surface area contributed by atoms with E-state index in [1.165, 1.54) is 61.9 Å². The number of anilines is 2. The van der Waals surface area contributed by atoms with Gasteiger partial charge in [-0.3, -0.25) is 0 Å². The lowest BCUT2D eigenvalue weighted by atomic mass is 9.84. The normalized spacial score (nSPS) is 25.7. The summed E-state index contributed by atoms with van der Waals surface area (Å²) in [6, 6.07) is 7.74. The van der Waals surface area contributed by atoms with E-state index >= 15 is 0 Å². The molecule has 0 spiro atoms. The number of hydrogen-bond acceptors (Lipinski definition) is 2. The Bertz CT molecular complexity index is 447. The first kappa shape index (κ1) is 13.8. The molecule has 1 saturated carbocycles. The molecule has 2 heteroatoms. The summed E-state index contributed by atoms with van der Waals surface area (Å²) in [6.45, 7) is 3.46. The fourth-order valence-electron chi connectivity index (χ4n) is 3.82. The second-order valence-corrected chi connectivity index (χ2v) is 6.57. The van der Waals surface area contributed by atoms with E-state index < -0.39 is 0 Å². The first-order valence-corrected chi connectivity index (χ1v) is 8.37. The van der Waals surface area contributed by atoms with Crippen LogP contribution in [0.25, 0.3) is 0 Å². The first-order valence-electron chi connectivity index (χ1n) is 8.37. The average molecular weight is 272 g/mol. The van der Waals surface area contributed by atoms with Crippen molar-refractivity contribution in [1.29, 1.82) is 0 Å². The number of nitrogens with one attached hydrogen (secondary N) is 1. The molecule has 20 heavy (non-hydrogen) atoms. The molecule has 2 nitrogen and oxygen atoms in total. The standard InChI is InChI=1S/C18H28N2/c1-3-14-6-9-16(10-7-14)20(2)17-11-8-15-5-4-12-19-18(15)13-17/h8,11,13-14,16,19H,3-7,9-10,12H2,1-2H3. The quantitative estimate of drug-likeness (QED) is 0.874. The van der Waals surface area contributed by atoms with Crippen molar-refractivity contribution < 1.29 is 0 Å². The summed E-state index contributed by atoms with van der Waals surface area (Å²) >= 11 is 0. The summed E-state index contributed by atoms with van der Waals surface area (Å²) in [4.78, 5) is 2.52. The molecule has 1 aliphatic heterocycles. The Labute approximate surface area is 123 Å². The Kier molecular flexibility index (Phi) is 4.18. The van der Waals surface area contributed by atoms with E-state index in [-0.39, 0.29) is 0 Å². The summed E-state index contributed by atoms with van der Waals surface area (Å²) in [7, 11) is 2.28. The molecule has 0 amide bonds. The molecule has 0 aromatic heterocycles. The van der Waals surface area contributed by atoms with Crippen LogP contribution in [-0.4, -0.2) is 19.6 Å². The molecular weight excluding hydrogens is 244 g/mol. The Morgan fingerprint density at radius 3 is 2.75 bits per heavy atom. The van der Waals surface area contributed by atoms with Gasteiger partial charge in [0.05, 0.1) is 0 Å². The van der Waals surface area contributed by atoms with Crippen LogP contribution in [0.2, 0.25) is 0 Å². The third kappa shape index (κ3) is 2.79. The monoisotopic (exact) mass is 272 g/mol. The van der Waals surface area contributed by atoms with Crippen molar-refractivity contribution in [2.75, 3.05) is 23.8 Å². The Hall–Kier alpha value is -1.18. The van der Waals surface area contributed by atoms with Gasteiger partial charge in [-0.05, 0) is 62.1 Å². The maximum absolute atomic E-state index is 3.55. The van der Waals surface area contributed by atoms with Gasteiger partial charge in [0, 0.05) is 31.0 Å². The van der Waals surface area contributed by atoms with Crippen LogP contribution in [-0.2, 0) is 6.42 Å². The molecule has 1 N–H and O–H groups in total. The zero-order valence-corrected chi connectivity index (χ0v) is 13.0. The van der Waals surface area contributed by atoms with Gasteiger partial charge in [-0.25, -0.2) is 0 Å². The van der Waals surface area contributed by atoms with Crippen molar-refractivity contribution in [1.82, 2.24) is 0 Å². The SMILES string of the molecule is CCC1CCC(N(C)c2ccc3c(c2)NCCC3)CC1. The van der Waals surface area contributed by atoms with Gasteiger partial charge in [0.1, 0.15) is 0 Å². The van der Waals surface area contributed by atoms with E-state index in [1.54, 1.807) is 0 Å². The number of hydrogen-bond donors (Lipinski definition) is 1. The molecule has 0 bridgehead atoms. The number of benzene rings is 1. The topological polar surface area (TPSA) is 15.3 Å². The molecule has 1 heterocycles. The zero-order chi connectivity index (χ0) is 13.9. The van der Waals surface area contributed by atoms with Crippen molar-refractivity contribution in [3.63, 3.8) is 0 Å². The molecule has 1 aromatic rings. The van der Waals surface area contributed by atoms with Crippen molar-refractivity contribution in [3.8, 4) is 0 Å². The maximum atomic E-state index is 3.55. The van der Waals surface area contributed by atoms with Crippen molar-refractivity contribution >= 4 is 11.4 Å². The van der Waals surface area contributed by atoms with Gasteiger partial charge in [0.25, 0.3) is 0 Å². The molecule has 0 unspecified atom stereocenters. The Balaban J connectivity index is 1.69. The van der Waals surface area contributed by atoms with Gasteiger partial charge in [-0.15, -0.1) is 0 Å². The Morgan fingerprint density at radius 1 is 1.20 bits per heavy atom. The third-order valence-corrected chi connectivity index (χ3v) is 5.38. The molecule has 0 saturated heterocycles. The van der Waals surface area contributed by atoms with Crippen LogP contribution >= 0.6 is 0 Å². The van der Waals surface area contributed by atoms with Crippen LogP contribution in [0.3, 0.4) is 0 Å². The molecule has 3 rings (SSSR count). The second-order valence-electron chi connectivity index (χ2n) is 6.57. The minimum Gasteiger partial charge on any atom is -0.385 e. The van der Waals surface area contributed by atoms with Crippen molar-refractivity contribution in [2.24, 2.45) is 5.92 Å². The summed E-state index contributed by atoms with van der Waals surface area (Å²) in [5.41, 5.74) is 4.24. The van der Waals surface area contributed by atoms with Crippen LogP contribution in [0.5, 0.6) is 0 Å². The summed E-state index contributed by atoms with van der Waals surface area (Å²) in [5, 5.41) is 3.55. The van der Waals surface area contributed by atoms with Crippen molar-refractivity contribution in [2.45, 2.75) is 57.9 Å². The smallest absolute Gasteiger partial charge is 0.0393 e. The Morgan fingerprint density at radius 2 is 2.00 bits per heavy atom. The van der Waals surface area contributed by atoms with E-state index in [4.69, 9.17) is 0 Å². The minimum absolute atomic E-state index is 0.736. The number of fused-ring (bicyclic) bond motifs is 1. The van der Waals surface area contributed by atoms with Crippen LogP contribution in [0.1, 0.15) is 51.0 Å². The largest absolute Gasteiger partial charge is 0.385 e. The molecule has 110 valence electrons. The summed E-state index contributed by atoms with van der Waals surface area (Å²) in [6.07, 6.45) is 9.40. The van der Waals surface area contributed by atoms with E-state index in [9.17, 15) is 0 Å². The molecule has 0 atom stereocenters. The van der Waals surface area contributed by atoms with Gasteiger partial charge < -0.3 is 10.2 Å². The predicted octanol–water partition coefficient (Wildman–Crippen LogP) is 4.45. The maximum Gasteiger partial charge on any atom is 0.0393 e. The zero-order valence-electron chi connectivity index (χ0n) is 13.0. The lowest BCUT2D eigenvalue weighted by Crippen LogP contribution is -2.35. The highest BCUT2D eigenvalue weighted by Crippen LogP contribution is 2.33. The number of nitrogens with zero attached hydrogens (tertiary/aromatic N) is 1. The summed E-state index contributed by atoms with van der Waals surface area (Å²) < 4.78 is 0. The predicted molar refractivity (Wildman–Crippen MR) is 87.7 cm³/mol. The highest BCUT2D eigenvalue weighted by Gasteiger charge is 2.23. The third-order valence-electron chi connectivity index (χ3n) is 5.38. The fourth-order valence-corrected chi connectivity index (χ4v) is 3.82. The molecule has 1 aliphatic carbocycles. The van der Waals surface area contributed by atoms with Crippen LogP contribution in [0, 0.1) is 5.92 Å². The highest BCUT2D eigenvalue weighted by molar-refractivity contribution is 5.63. The van der Waals surface area contributed by atoms with Gasteiger partial charge in [0.2, 0.25) is 0 Å². The highest BCUT2D eigenvalue weighted by atomic mass is 15.1.